The smallest absolute Gasteiger partial charge is 0.326 e. The molecule has 0 saturated heterocycles. The molecule has 0 aliphatic carbocycles. The molecule has 5 heteroatoms. The number of rotatable bonds is 4. The van der Waals surface area contributed by atoms with E-state index in [1.165, 1.54) is 16.8 Å². The summed E-state index contributed by atoms with van der Waals surface area (Å²) in [5.41, 5.74) is 1.09. The normalized spacial score (nSPS) is 9.75. The van der Waals surface area contributed by atoms with Crippen LogP contribution < -0.4 is 5.56 Å². The first kappa shape index (κ1) is 13.6. The van der Waals surface area contributed by atoms with E-state index < -0.39 is 5.97 Å². The van der Waals surface area contributed by atoms with Crippen molar-refractivity contribution >= 4 is 5.97 Å². The van der Waals surface area contributed by atoms with Crippen LogP contribution in [0.5, 0.6) is 0 Å². The van der Waals surface area contributed by atoms with E-state index in [-0.39, 0.29) is 18.7 Å². The van der Waals surface area contributed by atoms with Gasteiger partial charge in [0.1, 0.15) is 13.2 Å². The van der Waals surface area contributed by atoms with Crippen molar-refractivity contribution in [3.8, 4) is 6.07 Å². The van der Waals surface area contributed by atoms with Gasteiger partial charge in [-0.2, -0.15) is 5.26 Å². The molecule has 1 aromatic heterocycles. The molecule has 2 rings (SSSR count). The van der Waals surface area contributed by atoms with Gasteiger partial charge in [-0.1, -0.05) is 18.2 Å². The first-order valence-electron chi connectivity index (χ1n) is 5.99. The summed E-state index contributed by atoms with van der Waals surface area (Å²) in [6.07, 6.45) is 1.53. The van der Waals surface area contributed by atoms with E-state index in [4.69, 9.17) is 10.00 Å². The van der Waals surface area contributed by atoms with Crippen molar-refractivity contribution in [3.63, 3.8) is 0 Å². The third-order valence-corrected chi connectivity index (χ3v) is 2.68. The maximum Gasteiger partial charge on any atom is 0.326 e. The number of nitriles is 1. The van der Waals surface area contributed by atoms with E-state index in [0.717, 1.165) is 5.56 Å². The lowest BCUT2D eigenvalue weighted by Gasteiger charge is -2.06. The minimum Gasteiger partial charge on any atom is -0.459 e. The van der Waals surface area contributed by atoms with Crippen LogP contribution in [0.25, 0.3) is 0 Å². The van der Waals surface area contributed by atoms with Crippen molar-refractivity contribution < 1.29 is 9.53 Å². The van der Waals surface area contributed by atoms with Crippen LogP contribution in [0.3, 0.4) is 0 Å². The van der Waals surface area contributed by atoms with E-state index >= 15 is 0 Å². The maximum absolute atomic E-state index is 11.6. The SMILES string of the molecule is N#Cc1ccc(COC(=O)Cn2ccccc2=O)cc1. The first-order chi connectivity index (χ1) is 9.69. The quantitative estimate of drug-likeness (QED) is 0.787. The molecule has 1 heterocycles. The van der Waals surface area contributed by atoms with Crippen LogP contribution in [0.2, 0.25) is 0 Å². The monoisotopic (exact) mass is 268 g/mol. The Morgan fingerprint density at radius 1 is 1.20 bits per heavy atom. The van der Waals surface area contributed by atoms with Crippen LogP contribution in [0, 0.1) is 11.3 Å². The number of ether oxygens (including phenoxy) is 1. The highest BCUT2D eigenvalue weighted by atomic mass is 16.5. The molecule has 20 heavy (non-hydrogen) atoms. The molecule has 0 aliphatic heterocycles. The molecular formula is C15H12N2O3. The fourth-order valence-electron chi connectivity index (χ4n) is 1.62. The fourth-order valence-corrected chi connectivity index (χ4v) is 1.62. The maximum atomic E-state index is 11.6. The summed E-state index contributed by atoms with van der Waals surface area (Å²) in [4.78, 5) is 23.1. The van der Waals surface area contributed by atoms with Gasteiger partial charge in [0, 0.05) is 12.3 Å². The zero-order chi connectivity index (χ0) is 14.4. The lowest BCUT2D eigenvalue weighted by Crippen LogP contribution is -2.23. The third kappa shape index (κ3) is 3.56. The van der Waals surface area contributed by atoms with Crippen LogP contribution in [-0.2, 0) is 22.7 Å². The summed E-state index contributed by atoms with van der Waals surface area (Å²) in [5, 5.41) is 8.67. The largest absolute Gasteiger partial charge is 0.459 e. The van der Waals surface area contributed by atoms with Crippen molar-refractivity contribution in [2.24, 2.45) is 0 Å². The molecule has 2 aromatic rings. The highest BCUT2D eigenvalue weighted by Crippen LogP contribution is 2.05. The van der Waals surface area contributed by atoms with Gasteiger partial charge in [0.05, 0.1) is 11.6 Å². The lowest BCUT2D eigenvalue weighted by molar-refractivity contribution is -0.145. The summed E-state index contributed by atoms with van der Waals surface area (Å²) in [6.45, 7) is 0.00206. The van der Waals surface area contributed by atoms with Gasteiger partial charge >= 0.3 is 5.97 Å². The summed E-state index contributed by atoms with van der Waals surface area (Å²) < 4.78 is 6.36. The highest BCUT2D eigenvalue weighted by Gasteiger charge is 2.05. The molecule has 0 atom stereocenters. The minimum atomic E-state index is -0.484. The van der Waals surface area contributed by atoms with Gasteiger partial charge in [-0.25, -0.2) is 0 Å². The van der Waals surface area contributed by atoms with E-state index in [2.05, 4.69) is 0 Å². The molecule has 0 aliphatic rings. The van der Waals surface area contributed by atoms with Crippen LogP contribution in [0.4, 0.5) is 0 Å². The number of benzene rings is 1. The summed E-state index contributed by atoms with van der Waals surface area (Å²) in [6, 6.07) is 13.4. The molecule has 0 fully saturated rings. The average molecular weight is 268 g/mol. The molecule has 0 saturated carbocycles. The second-order valence-corrected chi connectivity index (χ2v) is 4.14. The van der Waals surface area contributed by atoms with Gasteiger partial charge in [-0.05, 0) is 23.8 Å². The standard InChI is InChI=1S/C15H12N2O3/c16-9-12-4-6-13(7-5-12)11-20-15(19)10-17-8-2-1-3-14(17)18/h1-8H,10-11H2. The Bertz CT molecular complexity index is 696. The molecular weight excluding hydrogens is 256 g/mol. The topological polar surface area (TPSA) is 72.1 Å². The van der Waals surface area contributed by atoms with Crippen LogP contribution >= 0.6 is 0 Å². The number of esters is 1. The molecule has 0 amide bonds. The zero-order valence-electron chi connectivity index (χ0n) is 10.7. The molecule has 1 aromatic carbocycles. The first-order valence-corrected chi connectivity index (χ1v) is 5.99. The Hall–Kier alpha value is -2.87. The number of pyridine rings is 1. The Morgan fingerprint density at radius 2 is 1.95 bits per heavy atom. The zero-order valence-corrected chi connectivity index (χ0v) is 10.7. The molecule has 0 radical (unpaired) electrons. The number of nitrogens with zero attached hydrogens (tertiary/aromatic N) is 2. The van der Waals surface area contributed by atoms with Gasteiger partial charge in [-0.3, -0.25) is 9.59 Å². The average Bonchev–Trinajstić information content (AvgIpc) is 2.48. The van der Waals surface area contributed by atoms with Crippen LogP contribution in [-0.4, -0.2) is 10.5 Å². The Kier molecular flexibility index (Phi) is 4.30. The third-order valence-electron chi connectivity index (χ3n) is 2.68. The highest BCUT2D eigenvalue weighted by molar-refractivity contribution is 5.69. The van der Waals surface area contributed by atoms with Crippen molar-refractivity contribution in [2.45, 2.75) is 13.2 Å². The van der Waals surface area contributed by atoms with E-state index in [0.29, 0.717) is 5.56 Å². The van der Waals surface area contributed by atoms with Gasteiger partial charge in [0.25, 0.3) is 5.56 Å². The van der Waals surface area contributed by atoms with E-state index in [1.54, 1.807) is 36.4 Å². The lowest BCUT2D eigenvalue weighted by atomic mass is 10.2. The predicted octanol–water partition coefficient (Wildman–Crippen LogP) is 1.46. The van der Waals surface area contributed by atoms with Crippen molar-refractivity contribution in [2.75, 3.05) is 0 Å². The molecule has 0 unspecified atom stereocenters. The van der Waals surface area contributed by atoms with Crippen molar-refractivity contribution in [1.82, 2.24) is 4.57 Å². The molecule has 0 spiro atoms. The van der Waals surface area contributed by atoms with Gasteiger partial charge in [-0.15, -0.1) is 0 Å². The van der Waals surface area contributed by atoms with Crippen LogP contribution in [0.15, 0.2) is 53.5 Å². The second kappa shape index (κ2) is 6.34. The number of aromatic nitrogens is 1. The molecule has 0 bridgehead atoms. The van der Waals surface area contributed by atoms with Gasteiger partial charge < -0.3 is 9.30 Å². The van der Waals surface area contributed by atoms with E-state index in [9.17, 15) is 9.59 Å². The summed E-state index contributed by atoms with van der Waals surface area (Å²) in [7, 11) is 0. The number of hydrogen-bond donors (Lipinski definition) is 0. The minimum absolute atomic E-state index is 0.115. The molecule has 0 N–H and O–H groups in total. The van der Waals surface area contributed by atoms with Crippen molar-refractivity contribution in [1.29, 1.82) is 5.26 Å². The number of carbonyl (C=O) groups is 1. The number of carbonyl (C=O) groups excluding carboxylic acids is 1. The van der Waals surface area contributed by atoms with Crippen molar-refractivity contribution in [3.05, 3.63) is 70.1 Å². The summed E-state index contributed by atoms with van der Waals surface area (Å²) >= 11 is 0. The predicted molar refractivity (Wildman–Crippen MR) is 71.7 cm³/mol. The molecule has 5 nitrogen and oxygen atoms in total. The Labute approximate surface area is 115 Å². The second-order valence-electron chi connectivity index (χ2n) is 4.14. The summed E-state index contributed by atoms with van der Waals surface area (Å²) in [5.74, 6) is -0.484. The van der Waals surface area contributed by atoms with Gasteiger partial charge in [0.15, 0.2) is 0 Å². The van der Waals surface area contributed by atoms with Gasteiger partial charge in [0.2, 0.25) is 0 Å². The Balaban J connectivity index is 1.91. The molecule has 100 valence electrons. The number of hydrogen-bond acceptors (Lipinski definition) is 4. The van der Waals surface area contributed by atoms with E-state index in [1.807, 2.05) is 6.07 Å². The van der Waals surface area contributed by atoms with Crippen LogP contribution in [0.1, 0.15) is 11.1 Å². The fraction of sp³-hybridized carbons (Fsp3) is 0.133. The Morgan fingerprint density at radius 3 is 2.60 bits per heavy atom.